The van der Waals surface area contributed by atoms with Gasteiger partial charge in [-0.05, 0) is 12.1 Å². The molecular formula is C17H25NO6. The second kappa shape index (κ2) is 11.4. The molecule has 1 atom stereocenters. The fraction of sp³-hybridized carbons (Fsp3) is 0.529. The number of hydrogen-bond donors (Lipinski definition) is 1. The Morgan fingerprint density at radius 1 is 1.21 bits per heavy atom. The molecule has 1 amide bonds. The standard InChI is InChI=1S/C17H25NO6/c1-14(17(21)22-2)12-18(8-10-23-11-9-19)16(20)13-24-15-6-4-3-5-7-15/h3-7,14,19H,8-13H2,1-2H3. The van der Waals surface area contributed by atoms with Gasteiger partial charge in [-0.15, -0.1) is 0 Å². The maximum Gasteiger partial charge on any atom is 0.310 e. The molecule has 0 spiro atoms. The fourth-order valence-corrected chi connectivity index (χ4v) is 2.02. The van der Waals surface area contributed by atoms with Crippen LogP contribution in [-0.4, -0.2) is 68.5 Å². The number of ether oxygens (including phenoxy) is 3. The number of nitrogens with zero attached hydrogens (tertiary/aromatic N) is 1. The van der Waals surface area contributed by atoms with Crippen LogP contribution < -0.4 is 4.74 Å². The van der Waals surface area contributed by atoms with Crippen LogP contribution in [0.25, 0.3) is 0 Å². The number of amides is 1. The first-order valence-electron chi connectivity index (χ1n) is 7.80. The SMILES string of the molecule is COC(=O)C(C)CN(CCOCCO)C(=O)COc1ccccc1. The van der Waals surface area contributed by atoms with Gasteiger partial charge in [0.15, 0.2) is 6.61 Å². The summed E-state index contributed by atoms with van der Waals surface area (Å²) in [4.78, 5) is 25.4. The van der Waals surface area contributed by atoms with Gasteiger partial charge in [0.1, 0.15) is 5.75 Å². The molecule has 1 N–H and O–H groups in total. The van der Waals surface area contributed by atoms with Gasteiger partial charge in [0.05, 0.1) is 32.8 Å². The van der Waals surface area contributed by atoms with Crippen molar-refractivity contribution >= 4 is 11.9 Å². The van der Waals surface area contributed by atoms with E-state index in [1.807, 2.05) is 18.2 Å². The zero-order valence-corrected chi connectivity index (χ0v) is 14.1. The zero-order chi connectivity index (χ0) is 17.8. The highest BCUT2D eigenvalue weighted by molar-refractivity contribution is 5.79. The molecule has 0 aliphatic carbocycles. The predicted octanol–water partition coefficient (Wildman–Crippen LogP) is 0.712. The van der Waals surface area contributed by atoms with Gasteiger partial charge in [-0.1, -0.05) is 25.1 Å². The molecule has 0 saturated carbocycles. The predicted molar refractivity (Wildman–Crippen MR) is 87.6 cm³/mol. The Hall–Kier alpha value is -2.12. The third-order valence-corrected chi connectivity index (χ3v) is 3.30. The zero-order valence-electron chi connectivity index (χ0n) is 14.1. The number of rotatable bonds is 11. The number of carbonyl (C=O) groups excluding carboxylic acids is 2. The van der Waals surface area contributed by atoms with E-state index in [-0.39, 0.29) is 44.8 Å². The topological polar surface area (TPSA) is 85.3 Å². The largest absolute Gasteiger partial charge is 0.484 e. The van der Waals surface area contributed by atoms with E-state index in [1.165, 1.54) is 12.0 Å². The number of carbonyl (C=O) groups is 2. The lowest BCUT2D eigenvalue weighted by atomic mass is 10.1. The van der Waals surface area contributed by atoms with Crippen molar-refractivity contribution in [2.45, 2.75) is 6.92 Å². The van der Waals surface area contributed by atoms with Gasteiger partial charge in [0, 0.05) is 13.1 Å². The summed E-state index contributed by atoms with van der Waals surface area (Å²) in [6.07, 6.45) is 0. The molecule has 0 fully saturated rings. The molecule has 7 nitrogen and oxygen atoms in total. The summed E-state index contributed by atoms with van der Waals surface area (Å²) in [7, 11) is 1.31. The maximum absolute atomic E-state index is 12.4. The number of aliphatic hydroxyl groups is 1. The summed E-state index contributed by atoms with van der Waals surface area (Å²) in [6.45, 7) is 2.48. The van der Waals surface area contributed by atoms with Gasteiger partial charge in [-0.3, -0.25) is 9.59 Å². The van der Waals surface area contributed by atoms with Crippen LogP contribution in [0.5, 0.6) is 5.75 Å². The minimum absolute atomic E-state index is 0.0797. The summed E-state index contributed by atoms with van der Waals surface area (Å²) in [5, 5.41) is 8.71. The average Bonchev–Trinajstić information content (AvgIpc) is 2.62. The van der Waals surface area contributed by atoms with Crippen LogP contribution in [0, 0.1) is 5.92 Å². The van der Waals surface area contributed by atoms with Crippen LogP contribution in [0.1, 0.15) is 6.92 Å². The van der Waals surface area contributed by atoms with E-state index < -0.39 is 5.92 Å². The van der Waals surface area contributed by atoms with Crippen molar-refractivity contribution < 1.29 is 28.9 Å². The third kappa shape index (κ3) is 7.43. The number of hydrogen-bond acceptors (Lipinski definition) is 6. The van der Waals surface area contributed by atoms with Crippen molar-refractivity contribution in [1.29, 1.82) is 0 Å². The van der Waals surface area contributed by atoms with E-state index in [4.69, 9.17) is 19.3 Å². The lowest BCUT2D eigenvalue weighted by Gasteiger charge is -2.25. The molecule has 1 rings (SSSR count). The van der Waals surface area contributed by atoms with Crippen LogP contribution in [0.4, 0.5) is 0 Å². The third-order valence-electron chi connectivity index (χ3n) is 3.30. The molecule has 1 aromatic rings. The lowest BCUT2D eigenvalue weighted by Crippen LogP contribution is -2.41. The van der Waals surface area contributed by atoms with Gasteiger partial charge in [0.2, 0.25) is 0 Å². The lowest BCUT2D eigenvalue weighted by molar-refractivity contribution is -0.147. The Balaban J connectivity index is 2.57. The second-order valence-corrected chi connectivity index (χ2v) is 5.20. The van der Waals surface area contributed by atoms with Crippen molar-refractivity contribution in [3.8, 4) is 5.75 Å². The average molecular weight is 339 g/mol. The van der Waals surface area contributed by atoms with Crippen molar-refractivity contribution in [2.75, 3.05) is 46.6 Å². The van der Waals surface area contributed by atoms with E-state index in [1.54, 1.807) is 19.1 Å². The molecule has 0 saturated heterocycles. The Labute approximate surface area is 142 Å². The van der Waals surface area contributed by atoms with Crippen LogP contribution in [0.2, 0.25) is 0 Å². The summed E-state index contributed by atoms with van der Waals surface area (Å²) in [6, 6.07) is 9.02. The van der Waals surface area contributed by atoms with E-state index in [0.717, 1.165) is 0 Å². The number of benzene rings is 1. The quantitative estimate of drug-likeness (QED) is 0.472. The van der Waals surface area contributed by atoms with Gasteiger partial charge in [-0.2, -0.15) is 0 Å². The molecule has 0 bridgehead atoms. The molecule has 7 heteroatoms. The number of para-hydroxylation sites is 1. The van der Waals surface area contributed by atoms with Gasteiger partial charge in [0.25, 0.3) is 5.91 Å². The molecular weight excluding hydrogens is 314 g/mol. The Morgan fingerprint density at radius 2 is 1.92 bits per heavy atom. The van der Waals surface area contributed by atoms with Crippen LogP contribution in [0.15, 0.2) is 30.3 Å². The summed E-state index contributed by atoms with van der Waals surface area (Å²) < 4.78 is 15.3. The Kier molecular flexibility index (Phi) is 9.48. The molecule has 0 heterocycles. The van der Waals surface area contributed by atoms with Crippen LogP contribution >= 0.6 is 0 Å². The van der Waals surface area contributed by atoms with Gasteiger partial charge in [-0.25, -0.2) is 0 Å². The van der Waals surface area contributed by atoms with Crippen LogP contribution in [0.3, 0.4) is 0 Å². The van der Waals surface area contributed by atoms with Crippen LogP contribution in [-0.2, 0) is 19.1 Å². The number of methoxy groups -OCH3 is 1. The van der Waals surface area contributed by atoms with E-state index in [2.05, 4.69) is 0 Å². The number of esters is 1. The number of aliphatic hydroxyl groups excluding tert-OH is 1. The minimum atomic E-state index is -0.450. The van der Waals surface area contributed by atoms with E-state index in [9.17, 15) is 9.59 Å². The molecule has 134 valence electrons. The van der Waals surface area contributed by atoms with Crippen molar-refractivity contribution in [2.24, 2.45) is 5.92 Å². The molecule has 0 aromatic heterocycles. The summed E-state index contributed by atoms with van der Waals surface area (Å²) >= 11 is 0. The van der Waals surface area contributed by atoms with E-state index in [0.29, 0.717) is 12.3 Å². The fourth-order valence-electron chi connectivity index (χ4n) is 2.02. The Morgan fingerprint density at radius 3 is 2.54 bits per heavy atom. The molecule has 1 aromatic carbocycles. The van der Waals surface area contributed by atoms with Gasteiger partial charge >= 0.3 is 5.97 Å². The van der Waals surface area contributed by atoms with Crippen molar-refractivity contribution in [3.05, 3.63) is 30.3 Å². The smallest absolute Gasteiger partial charge is 0.310 e. The first-order valence-corrected chi connectivity index (χ1v) is 7.80. The van der Waals surface area contributed by atoms with Crippen molar-refractivity contribution in [1.82, 2.24) is 4.90 Å². The maximum atomic E-state index is 12.4. The van der Waals surface area contributed by atoms with Gasteiger partial charge < -0.3 is 24.2 Å². The Bertz CT molecular complexity index is 493. The molecule has 0 radical (unpaired) electrons. The highest BCUT2D eigenvalue weighted by atomic mass is 16.5. The summed E-state index contributed by atoms with van der Waals surface area (Å²) in [5.74, 6) is -0.480. The first kappa shape index (κ1) is 19.9. The molecule has 0 aliphatic heterocycles. The second-order valence-electron chi connectivity index (χ2n) is 5.20. The monoisotopic (exact) mass is 339 g/mol. The molecule has 0 aliphatic rings. The normalized spacial score (nSPS) is 11.6. The molecule has 24 heavy (non-hydrogen) atoms. The minimum Gasteiger partial charge on any atom is -0.484 e. The summed E-state index contributed by atoms with van der Waals surface area (Å²) in [5.41, 5.74) is 0. The van der Waals surface area contributed by atoms with E-state index >= 15 is 0 Å². The highest BCUT2D eigenvalue weighted by Gasteiger charge is 2.21. The molecule has 1 unspecified atom stereocenters. The van der Waals surface area contributed by atoms with Crippen molar-refractivity contribution in [3.63, 3.8) is 0 Å². The highest BCUT2D eigenvalue weighted by Crippen LogP contribution is 2.09. The first-order chi connectivity index (χ1) is 11.6.